The highest BCUT2D eigenvalue weighted by Gasteiger charge is 2.08. The van der Waals surface area contributed by atoms with Gasteiger partial charge in [-0.1, -0.05) is 30.3 Å². The number of hydrogen-bond acceptors (Lipinski definition) is 2. The molecule has 2 aromatic carbocycles. The second kappa shape index (κ2) is 6.65. The third-order valence-electron chi connectivity index (χ3n) is 2.97. The molecule has 21 heavy (non-hydrogen) atoms. The van der Waals surface area contributed by atoms with Crippen LogP contribution in [0.15, 0.2) is 48.5 Å². The predicted octanol–water partition coefficient (Wildman–Crippen LogP) is 2.38. The van der Waals surface area contributed by atoms with Crippen molar-refractivity contribution in [2.45, 2.75) is 13.0 Å². The highest BCUT2D eigenvalue weighted by Crippen LogP contribution is 2.08. The molecule has 108 valence electrons. The zero-order valence-electron chi connectivity index (χ0n) is 11.2. The molecule has 2 aromatic rings. The van der Waals surface area contributed by atoms with E-state index in [4.69, 9.17) is 5.11 Å². The first-order valence-corrected chi connectivity index (χ1v) is 6.38. The minimum atomic E-state index is -1.02. The highest BCUT2D eigenvalue weighted by molar-refractivity contribution is 5.87. The van der Waals surface area contributed by atoms with Gasteiger partial charge in [0.2, 0.25) is 5.91 Å². The molecule has 0 aliphatic heterocycles. The molecule has 0 atom stereocenters. The van der Waals surface area contributed by atoms with Crippen molar-refractivity contribution < 1.29 is 19.1 Å². The van der Waals surface area contributed by atoms with Gasteiger partial charge in [-0.15, -0.1) is 0 Å². The largest absolute Gasteiger partial charge is 0.478 e. The lowest BCUT2D eigenvalue weighted by molar-refractivity contribution is -0.120. The quantitative estimate of drug-likeness (QED) is 0.887. The number of carbonyl (C=O) groups is 2. The Hall–Kier alpha value is -2.69. The summed E-state index contributed by atoms with van der Waals surface area (Å²) in [6.45, 7) is 0.203. The van der Waals surface area contributed by atoms with E-state index in [0.717, 1.165) is 0 Å². The third-order valence-corrected chi connectivity index (χ3v) is 2.97. The predicted molar refractivity (Wildman–Crippen MR) is 75.4 cm³/mol. The topological polar surface area (TPSA) is 66.4 Å². The van der Waals surface area contributed by atoms with Crippen LogP contribution in [0, 0.1) is 5.82 Å². The fourth-order valence-corrected chi connectivity index (χ4v) is 1.89. The van der Waals surface area contributed by atoms with Gasteiger partial charge in [0, 0.05) is 6.54 Å². The summed E-state index contributed by atoms with van der Waals surface area (Å²) in [5.41, 5.74) is 1.17. The van der Waals surface area contributed by atoms with E-state index in [1.165, 1.54) is 18.2 Å². The molecule has 0 fully saturated rings. The van der Waals surface area contributed by atoms with Crippen molar-refractivity contribution in [3.8, 4) is 0 Å². The Labute approximate surface area is 121 Å². The van der Waals surface area contributed by atoms with Crippen LogP contribution >= 0.6 is 0 Å². The van der Waals surface area contributed by atoms with E-state index in [1.807, 2.05) is 0 Å². The van der Waals surface area contributed by atoms with Crippen LogP contribution in [0.25, 0.3) is 0 Å². The van der Waals surface area contributed by atoms with Crippen molar-refractivity contribution in [3.63, 3.8) is 0 Å². The standard InChI is InChI=1S/C16H14FNO3/c17-14-7-2-1-5-12(14)9-15(19)18-10-11-4-3-6-13(8-11)16(20)21/h1-8H,9-10H2,(H,18,19)(H,20,21). The molecule has 4 nitrogen and oxygen atoms in total. The molecule has 0 aliphatic rings. The molecule has 0 heterocycles. The Morgan fingerprint density at radius 1 is 1.10 bits per heavy atom. The molecule has 0 radical (unpaired) electrons. The lowest BCUT2D eigenvalue weighted by atomic mass is 10.1. The zero-order valence-corrected chi connectivity index (χ0v) is 11.2. The Balaban J connectivity index is 1.94. The number of halogens is 1. The van der Waals surface area contributed by atoms with Gasteiger partial charge in [-0.3, -0.25) is 4.79 Å². The second-order valence-corrected chi connectivity index (χ2v) is 4.55. The van der Waals surface area contributed by atoms with E-state index in [-0.39, 0.29) is 24.4 Å². The van der Waals surface area contributed by atoms with Crippen LogP contribution in [0.3, 0.4) is 0 Å². The number of benzene rings is 2. The first-order valence-electron chi connectivity index (χ1n) is 6.38. The zero-order chi connectivity index (χ0) is 15.2. The molecule has 2 rings (SSSR count). The number of rotatable bonds is 5. The number of nitrogens with one attached hydrogen (secondary N) is 1. The van der Waals surface area contributed by atoms with Crippen LogP contribution in [0.1, 0.15) is 21.5 Å². The second-order valence-electron chi connectivity index (χ2n) is 4.55. The maximum Gasteiger partial charge on any atom is 0.335 e. The molecule has 2 N–H and O–H groups in total. The molecule has 0 spiro atoms. The molecular weight excluding hydrogens is 273 g/mol. The smallest absolute Gasteiger partial charge is 0.335 e. The van der Waals surface area contributed by atoms with E-state index in [9.17, 15) is 14.0 Å². The lowest BCUT2D eigenvalue weighted by Gasteiger charge is -2.07. The highest BCUT2D eigenvalue weighted by atomic mass is 19.1. The minimum Gasteiger partial charge on any atom is -0.478 e. The number of carboxylic acid groups (broad SMARTS) is 1. The van der Waals surface area contributed by atoms with E-state index < -0.39 is 11.8 Å². The van der Waals surface area contributed by atoms with Gasteiger partial charge in [0.15, 0.2) is 0 Å². The van der Waals surface area contributed by atoms with Crippen LogP contribution in [-0.2, 0) is 17.8 Å². The Kier molecular flexibility index (Phi) is 4.66. The lowest BCUT2D eigenvalue weighted by Crippen LogP contribution is -2.25. The minimum absolute atomic E-state index is 0.0503. The molecule has 0 unspecified atom stereocenters. The Bertz CT molecular complexity index is 670. The normalized spacial score (nSPS) is 10.1. The number of aromatic carboxylic acids is 1. The van der Waals surface area contributed by atoms with E-state index in [2.05, 4.69) is 5.32 Å². The first kappa shape index (κ1) is 14.7. The fraction of sp³-hybridized carbons (Fsp3) is 0.125. The van der Waals surface area contributed by atoms with Crippen LogP contribution in [0.2, 0.25) is 0 Å². The summed E-state index contributed by atoms with van der Waals surface area (Å²) in [7, 11) is 0. The summed E-state index contributed by atoms with van der Waals surface area (Å²) in [5, 5.41) is 11.5. The summed E-state index contributed by atoms with van der Waals surface area (Å²) >= 11 is 0. The van der Waals surface area contributed by atoms with Crippen molar-refractivity contribution in [2.75, 3.05) is 0 Å². The first-order chi connectivity index (χ1) is 10.1. The van der Waals surface area contributed by atoms with Gasteiger partial charge in [0.1, 0.15) is 5.82 Å². The summed E-state index contributed by atoms with van der Waals surface area (Å²) in [5.74, 6) is -1.75. The van der Waals surface area contributed by atoms with Crippen LogP contribution in [0.5, 0.6) is 0 Å². The summed E-state index contributed by atoms with van der Waals surface area (Å²) < 4.78 is 13.4. The Morgan fingerprint density at radius 2 is 1.86 bits per heavy atom. The number of carboxylic acids is 1. The maximum absolute atomic E-state index is 13.4. The van der Waals surface area contributed by atoms with E-state index in [0.29, 0.717) is 11.1 Å². The number of carbonyl (C=O) groups excluding carboxylic acids is 1. The fourth-order valence-electron chi connectivity index (χ4n) is 1.89. The van der Waals surface area contributed by atoms with Gasteiger partial charge >= 0.3 is 5.97 Å². The molecule has 5 heteroatoms. The van der Waals surface area contributed by atoms with Crippen molar-refractivity contribution in [2.24, 2.45) is 0 Å². The molecule has 0 saturated heterocycles. The van der Waals surface area contributed by atoms with Gasteiger partial charge in [0.05, 0.1) is 12.0 Å². The maximum atomic E-state index is 13.4. The summed E-state index contributed by atoms with van der Waals surface area (Å²) in [6.07, 6.45) is -0.0503. The van der Waals surface area contributed by atoms with Crippen molar-refractivity contribution in [3.05, 3.63) is 71.0 Å². The van der Waals surface area contributed by atoms with Crippen molar-refractivity contribution in [1.82, 2.24) is 5.32 Å². The number of hydrogen-bond donors (Lipinski definition) is 2. The van der Waals surface area contributed by atoms with Gasteiger partial charge in [-0.25, -0.2) is 9.18 Å². The van der Waals surface area contributed by atoms with Crippen LogP contribution < -0.4 is 5.32 Å². The molecule has 0 aromatic heterocycles. The molecule has 0 bridgehead atoms. The van der Waals surface area contributed by atoms with E-state index >= 15 is 0 Å². The molecular formula is C16H14FNO3. The SMILES string of the molecule is O=C(Cc1ccccc1F)NCc1cccc(C(=O)O)c1. The van der Waals surface area contributed by atoms with Gasteiger partial charge < -0.3 is 10.4 Å². The summed E-state index contributed by atoms with van der Waals surface area (Å²) in [4.78, 5) is 22.6. The van der Waals surface area contributed by atoms with E-state index in [1.54, 1.807) is 30.3 Å². The molecule has 0 saturated carbocycles. The molecule has 0 aliphatic carbocycles. The van der Waals surface area contributed by atoms with Crippen LogP contribution in [-0.4, -0.2) is 17.0 Å². The number of amides is 1. The summed E-state index contributed by atoms with van der Waals surface area (Å²) in [6, 6.07) is 12.4. The third kappa shape index (κ3) is 4.14. The van der Waals surface area contributed by atoms with Crippen LogP contribution in [0.4, 0.5) is 4.39 Å². The van der Waals surface area contributed by atoms with Gasteiger partial charge in [-0.05, 0) is 29.3 Å². The Morgan fingerprint density at radius 3 is 2.57 bits per heavy atom. The average Bonchev–Trinajstić information content (AvgIpc) is 2.48. The average molecular weight is 287 g/mol. The van der Waals surface area contributed by atoms with Crippen molar-refractivity contribution in [1.29, 1.82) is 0 Å². The van der Waals surface area contributed by atoms with Crippen molar-refractivity contribution >= 4 is 11.9 Å². The monoisotopic (exact) mass is 287 g/mol. The van der Waals surface area contributed by atoms with Gasteiger partial charge in [0.25, 0.3) is 0 Å². The molecule has 1 amide bonds. The van der Waals surface area contributed by atoms with Gasteiger partial charge in [-0.2, -0.15) is 0 Å².